The zero-order chi connectivity index (χ0) is 67.5. The molecular weight excluding hydrogens is 1210 g/mol. The van der Waals surface area contributed by atoms with Crippen molar-refractivity contribution in [2.75, 3.05) is 39.6 Å². The number of unbranched alkanes of at least 4 members (excludes halogenated alkanes) is 33. The molecule has 0 aromatic rings. The monoisotopic (exact) mass is 1340 g/mol. The third-order valence-electron chi connectivity index (χ3n) is 15.4. The third kappa shape index (κ3) is 65.4. The average molecular weight is 1340 g/mol. The highest BCUT2D eigenvalue weighted by atomic mass is 31.2. The molecule has 3 N–H and O–H groups in total. The molecular formula is C73H132O17P2. The first-order valence-corrected chi connectivity index (χ1v) is 39.5. The Hall–Kier alpha value is -3.24. The molecule has 0 spiro atoms. The number of phosphoric acid groups is 2. The first-order valence-electron chi connectivity index (χ1n) is 36.5. The molecule has 0 rings (SSSR count). The third-order valence-corrected chi connectivity index (χ3v) is 17.3. The second-order valence-corrected chi connectivity index (χ2v) is 27.4. The normalized spacial score (nSPS) is 14.4. The van der Waals surface area contributed by atoms with Gasteiger partial charge in [-0.3, -0.25) is 37.3 Å². The summed E-state index contributed by atoms with van der Waals surface area (Å²) in [5.74, 6) is -2.19. The van der Waals surface area contributed by atoms with E-state index in [0.717, 1.165) is 161 Å². The zero-order valence-electron chi connectivity index (χ0n) is 58.2. The fourth-order valence-corrected chi connectivity index (χ4v) is 11.4. The quantitative estimate of drug-likeness (QED) is 0.0169. The summed E-state index contributed by atoms with van der Waals surface area (Å²) >= 11 is 0. The molecule has 0 saturated carbocycles. The van der Waals surface area contributed by atoms with E-state index in [0.29, 0.717) is 25.7 Å². The minimum atomic E-state index is -4.97. The van der Waals surface area contributed by atoms with Crippen molar-refractivity contribution >= 4 is 39.5 Å². The van der Waals surface area contributed by atoms with Gasteiger partial charge in [-0.1, -0.05) is 255 Å². The Balaban J connectivity index is 5.31. The van der Waals surface area contributed by atoms with Crippen LogP contribution in [0.15, 0.2) is 60.8 Å². The molecule has 17 nitrogen and oxygen atoms in total. The Morgan fingerprint density at radius 1 is 0.304 bits per heavy atom. The van der Waals surface area contributed by atoms with E-state index in [1.807, 2.05) is 0 Å². The van der Waals surface area contributed by atoms with E-state index in [-0.39, 0.29) is 25.7 Å². The Labute approximate surface area is 559 Å². The number of esters is 4. The number of aliphatic hydroxyl groups is 1. The van der Waals surface area contributed by atoms with Crippen LogP contribution in [-0.4, -0.2) is 96.7 Å². The van der Waals surface area contributed by atoms with Crippen molar-refractivity contribution in [1.29, 1.82) is 0 Å². The Kier molecular flexibility index (Phi) is 64.0. The fourth-order valence-electron chi connectivity index (χ4n) is 9.80. The lowest BCUT2D eigenvalue weighted by molar-refractivity contribution is -0.161. The molecule has 5 unspecified atom stereocenters. The maximum Gasteiger partial charge on any atom is 0.472 e. The standard InChI is InChI=1S/C73H132O17P2/c1-5-9-13-17-21-25-29-32-33-36-39-42-46-50-54-58-71(76)84-63-68(89-72(77)59-55-51-47-43-37-28-24-20-16-12-8-4)65-87-91(79,80)85-61-67(74)62-86-92(81,82)88-66-69(90-73(78)60-56-52-48-44-40-35-31-27-23-19-15-11-7-3)64-83-70(75)57-53-49-45-41-38-34-30-26-22-18-14-10-6-2/h14,18,20-21,24-26,30,32-33,67-69,74H,5-13,15-17,19,22-23,27-29,31,34-66H2,1-4H3,(H,79,80)(H,81,82)/b18-14-,24-20-,25-21-,30-26-,33-32-. The van der Waals surface area contributed by atoms with Gasteiger partial charge in [0.2, 0.25) is 0 Å². The molecule has 5 atom stereocenters. The van der Waals surface area contributed by atoms with E-state index >= 15 is 0 Å². The first-order chi connectivity index (χ1) is 44.7. The zero-order valence-corrected chi connectivity index (χ0v) is 60.0. The van der Waals surface area contributed by atoms with Gasteiger partial charge in [-0.05, 0) is 103 Å². The number of hydrogen-bond acceptors (Lipinski definition) is 15. The Morgan fingerprint density at radius 2 is 0.565 bits per heavy atom. The van der Waals surface area contributed by atoms with Crippen LogP contribution in [0.4, 0.5) is 0 Å². The summed E-state index contributed by atoms with van der Waals surface area (Å²) in [6.45, 7) is 4.73. The van der Waals surface area contributed by atoms with Crippen LogP contribution in [0.25, 0.3) is 0 Å². The molecule has 536 valence electrons. The molecule has 19 heteroatoms. The molecule has 0 aromatic carbocycles. The van der Waals surface area contributed by atoms with Gasteiger partial charge in [-0.25, -0.2) is 9.13 Å². The number of carbonyl (C=O) groups excluding carboxylic acids is 4. The average Bonchev–Trinajstić information content (AvgIpc) is 3.33. The SMILES string of the molecule is CCC/C=C\C/C=C\CCCCCCCC(=O)OCC(COP(=O)(O)OCC(O)COP(=O)(O)OCC(COC(=O)CCCCCCC/C=C\C/C=C\CCCCC)OC(=O)CCCCCCC/C=C\CCCC)OC(=O)CCCCCCCCCCCCCCC. The van der Waals surface area contributed by atoms with E-state index in [1.54, 1.807) is 0 Å². The lowest BCUT2D eigenvalue weighted by atomic mass is 10.0. The lowest BCUT2D eigenvalue weighted by Crippen LogP contribution is -2.30. The van der Waals surface area contributed by atoms with Gasteiger partial charge >= 0.3 is 39.5 Å². The van der Waals surface area contributed by atoms with Gasteiger partial charge in [0.05, 0.1) is 26.4 Å². The molecule has 0 bridgehead atoms. The van der Waals surface area contributed by atoms with Crippen LogP contribution in [-0.2, 0) is 65.4 Å². The van der Waals surface area contributed by atoms with E-state index in [2.05, 4.69) is 88.5 Å². The van der Waals surface area contributed by atoms with Crippen LogP contribution in [0, 0.1) is 0 Å². The maximum absolute atomic E-state index is 13.0. The topological polar surface area (TPSA) is 237 Å². The number of allylic oxidation sites excluding steroid dienone is 10. The van der Waals surface area contributed by atoms with Gasteiger partial charge in [-0.2, -0.15) is 0 Å². The van der Waals surface area contributed by atoms with Crippen molar-refractivity contribution in [3.8, 4) is 0 Å². The van der Waals surface area contributed by atoms with Crippen molar-refractivity contribution in [1.82, 2.24) is 0 Å². The fraction of sp³-hybridized carbons (Fsp3) is 0.808. The highest BCUT2D eigenvalue weighted by Gasteiger charge is 2.30. The van der Waals surface area contributed by atoms with Gasteiger partial charge in [0, 0.05) is 25.7 Å². The summed E-state index contributed by atoms with van der Waals surface area (Å²) in [5, 5.41) is 10.6. The number of carbonyl (C=O) groups is 4. The van der Waals surface area contributed by atoms with E-state index in [1.165, 1.54) is 83.5 Å². The second-order valence-electron chi connectivity index (χ2n) is 24.5. The Bertz CT molecular complexity index is 1990. The number of rotatable bonds is 69. The van der Waals surface area contributed by atoms with Crippen LogP contribution in [0.2, 0.25) is 0 Å². The summed E-state index contributed by atoms with van der Waals surface area (Å²) in [6.07, 6.45) is 62.2. The van der Waals surface area contributed by atoms with Crippen LogP contribution >= 0.6 is 15.6 Å². The molecule has 0 radical (unpaired) electrons. The molecule has 92 heavy (non-hydrogen) atoms. The van der Waals surface area contributed by atoms with Gasteiger partial charge in [0.15, 0.2) is 12.2 Å². The molecule has 0 heterocycles. The van der Waals surface area contributed by atoms with Crippen LogP contribution in [0.3, 0.4) is 0 Å². The van der Waals surface area contributed by atoms with Crippen molar-refractivity contribution in [3.63, 3.8) is 0 Å². The summed E-state index contributed by atoms with van der Waals surface area (Å²) in [6, 6.07) is 0. The summed E-state index contributed by atoms with van der Waals surface area (Å²) in [4.78, 5) is 72.6. The predicted octanol–water partition coefficient (Wildman–Crippen LogP) is 20.3. The lowest BCUT2D eigenvalue weighted by Gasteiger charge is -2.21. The molecule has 0 saturated heterocycles. The summed E-state index contributed by atoms with van der Waals surface area (Å²) in [5.41, 5.74) is 0. The highest BCUT2D eigenvalue weighted by Crippen LogP contribution is 2.45. The van der Waals surface area contributed by atoms with Crippen LogP contribution < -0.4 is 0 Å². The number of phosphoric ester groups is 2. The van der Waals surface area contributed by atoms with Crippen LogP contribution in [0.5, 0.6) is 0 Å². The molecule has 0 aliphatic carbocycles. The predicted molar refractivity (Wildman–Crippen MR) is 372 cm³/mol. The van der Waals surface area contributed by atoms with Gasteiger partial charge in [-0.15, -0.1) is 0 Å². The largest absolute Gasteiger partial charge is 0.472 e. The molecule has 0 aromatic heterocycles. The second kappa shape index (κ2) is 66.4. The molecule has 0 amide bonds. The van der Waals surface area contributed by atoms with Crippen molar-refractivity contribution in [3.05, 3.63) is 60.8 Å². The van der Waals surface area contributed by atoms with Gasteiger partial charge in [0.25, 0.3) is 0 Å². The number of ether oxygens (including phenoxy) is 4. The van der Waals surface area contributed by atoms with Crippen LogP contribution in [0.1, 0.15) is 323 Å². The van der Waals surface area contributed by atoms with Crippen molar-refractivity contribution < 1.29 is 80.2 Å². The van der Waals surface area contributed by atoms with Gasteiger partial charge < -0.3 is 33.8 Å². The maximum atomic E-state index is 13.0. The van der Waals surface area contributed by atoms with Crippen molar-refractivity contribution in [2.45, 2.75) is 341 Å². The van der Waals surface area contributed by atoms with E-state index < -0.39 is 97.5 Å². The first kappa shape index (κ1) is 88.8. The smallest absolute Gasteiger partial charge is 0.462 e. The van der Waals surface area contributed by atoms with Crippen molar-refractivity contribution in [2.24, 2.45) is 0 Å². The minimum absolute atomic E-state index is 0.0845. The molecule has 0 fully saturated rings. The number of aliphatic hydroxyl groups excluding tert-OH is 1. The summed E-state index contributed by atoms with van der Waals surface area (Å²) < 4.78 is 68.3. The van der Waals surface area contributed by atoms with E-state index in [9.17, 15) is 43.2 Å². The number of hydrogen-bond donors (Lipinski definition) is 3. The Morgan fingerprint density at radius 3 is 0.913 bits per heavy atom. The molecule has 0 aliphatic heterocycles. The molecule has 0 aliphatic rings. The minimum Gasteiger partial charge on any atom is -0.462 e. The van der Waals surface area contributed by atoms with E-state index in [4.69, 9.17) is 37.0 Å². The highest BCUT2D eigenvalue weighted by molar-refractivity contribution is 7.47. The summed E-state index contributed by atoms with van der Waals surface area (Å²) in [7, 11) is -9.93. The van der Waals surface area contributed by atoms with Gasteiger partial charge in [0.1, 0.15) is 19.3 Å².